The van der Waals surface area contributed by atoms with Crippen molar-refractivity contribution < 1.29 is 8.42 Å². The Hall–Kier alpha value is -0.880. The quantitative estimate of drug-likeness (QED) is 0.831. The Labute approximate surface area is 89.5 Å². The van der Waals surface area contributed by atoms with Crippen molar-refractivity contribution in [3.05, 3.63) is 12.3 Å². The molecule has 1 aliphatic carbocycles. The molecule has 2 rings (SSSR count). The fourth-order valence-corrected chi connectivity index (χ4v) is 2.96. The van der Waals surface area contributed by atoms with Gasteiger partial charge in [-0.05, 0) is 31.7 Å². The summed E-state index contributed by atoms with van der Waals surface area (Å²) in [6.45, 7) is 1.95. The number of hydrogen-bond acceptors (Lipinski definition) is 3. The van der Waals surface area contributed by atoms with E-state index in [1.807, 2.05) is 6.92 Å². The van der Waals surface area contributed by atoms with Gasteiger partial charge in [-0.25, -0.2) is 8.42 Å². The van der Waals surface area contributed by atoms with Crippen LogP contribution >= 0.6 is 0 Å². The Morgan fingerprint density at radius 3 is 2.73 bits per heavy atom. The molecular formula is C9H15N3O2S. The summed E-state index contributed by atoms with van der Waals surface area (Å²) in [6, 6.07) is 1.55. The van der Waals surface area contributed by atoms with Gasteiger partial charge < -0.3 is 0 Å². The van der Waals surface area contributed by atoms with Gasteiger partial charge in [0.15, 0.2) is 5.03 Å². The minimum atomic E-state index is -3.38. The molecule has 0 saturated heterocycles. The lowest BCUT2D eigenvalue weighted by molar-refractivity contribution is 0.355. The number of aromatic amines is 1. The molecule has 1 aliphatic rings. The van der Waals surface area contributed by atoms with Crippen LogP contribution in [0, 0.1) is 5.92 Å². The molecule has 0 spiro atoms. The number of hydrogen-bond donors (Lipinski definition) is 1. The minimum Gasteiger partial charge on any atom is -0.266 e. The predicted octanol–water partition coefficient (Wildman–Crippen LogP) is 0.829. The predicted molar refractivity (Wildman–Crippen MR) is 55.7 cm³/mol. The van der Waals surface area contributed by atoms with Gasteiger partial charge >= 0.3 is 0 Å². The standard InChI is InChI=1S/C9H15N3O2S/c1-7(8-3-4-8)12(2)15(13,14)9-5-6-10-11-9/h5-8H,3-4H2,1-2H3,(H,10,11). The van der Waals surface area contributed by atoms with Crippen LogP contribution in [0.15, 0.2) is 17.3 Å². The molecule has 6 heteroatoms. The summed E-state index contributed by atoms with van der Waals surface area (Å²) in [5.41, 5.74) is 0. The van der Waals surface area contributed by atoms with Gasteiger partial charge in [-0.1, -0.05) is 0 Å². The zero-order chi connectivity index (χ0) is 11.1. The maximum atomic E-state index is 12.0. The van der Waals surface area contributed by atoms with E-state index in [4.69, 9.17) is 0 Å². The van der Waals surface area contributed by atoms with Gasteiger partial charge in [-0.15, -0.1) is 0 Å². The average molecular weight is 229 g/mol. The van der Waals surface area contributed by atoms with Crippen LogP contribution in [0.2, 0.25) is 0 Å². The van der Waals surface area contributed by atoms with E-state index in [2.05, 4.69) is 10.2 Å². The lowest BCUT2D eigenvalue weighted by Gasteiger charge is -2.23. The van der Waals surface area contributed by atoms with E-state index in [0.717, 1.165) is 12.8 Å². The first-order valence-corrected chi connectivity index (χ1v) is 6.45. The Bertz CT molecular complexity index is 422. The Balaban J connectivity index is 2.21. The largest absolute Gasteiger partial charge is 0.266 e. The molecule has 0 aliphatic heterocycles. The molecule has 0 radical (unpaired) electrons. The highest BCUT2D eigenvalue weighted by molar-refractivity contribution is 7.89. The van der Waals surface area contributed by atoms with Crippen LogP contribution in [0.3, 0.4) is 0 Å². The van der Waals surface area contributed by atoms with Crippen molar-refractivity contribution in [1.29, 1.82) is 0 Å². The smallest absolute Gasteiger partial charge is 0.259 e. The van der Waals surface area contributed by atoms with Crippen LogP contribution < -0.4 is 0 Å². The monoisotopic (exact) mass is 229 g/mol. The van der Waals surface area contributed by atoms with Crippen molar-refractivity contribution in [2.75, 3.05) is 7.05 Å². The van der Waals surface area contributed by atoms with Gasteiger partial charge in [0.1, 0.15) is 0 Å². The van der Waals surface area contributed by atoms with Gasteiger partial charge in [-0.2, -0.15) is 9.40 Å². The minimum absolute atomic E-state index is 0.0679. The van der Waals surface area contributed by atoms with Gasteiger partial charge in [0.2, 0.25) is 0 Å². The van der Waals surface area contributed by atoms with E-state index in [9.17, 15) is 8.42 Å². The highest BCUT2D eigenvalue weighted by Crippen LogP contribution is 2.36. The molecule has 5 nitrogen and oxygen atoms in total. The van der Waals surface area contributed by atoms with E-state index in [-0.39, 0.29) is 11.1 Å². The highest BCUT2D eigenvalue weighted by atomic mass is 32.2. The number of sulfonamides is 1. The molecular weight excluding hydrogens is 214 g/mol. The third kappa shape index (κ3) is 1.91. The third-order valence-electron chi connectivity index (χ3n) is 3.01. The van der Waals surface area contributed by atoms with E-state index in [1.54, 1.807) is 7.05 Å². The van der Waals surface area contributed by atoms with E-state index in [0.29, 0.717) is 5.92 Å². The summed E-state index contributed by atoms with van der Waals surface area (Å²) < 4.78 is 25.5. The van der Waals surface area contributed by atoms with Crippen LogP contribution in [0.25, 0.3) is 0 Å². The molecule has 0 bridgehead atoms. The molecule has 1 aromatic heterocycles. The van der Waals surface area contributed by atoms with Gasteiger partial charge in [-0.3, -0.25) is 5.10 Å². The molecule has 1 saturated carbocycles. The van der Waals surface area contributed by atoms with E-state index in [1.165, 1.54) is 16.6 Å². The molecule has 1 atom stereocenters. The summed E-state index contributed by atoms with van der Waals surface area (Å²) in [5, 5.41) is 6.32. The maximum Gasteiger partial charge on any atom is 0.259 e. The van der Waals surface area contributed by atoms with Crippen molar-refractivity contribution in [3.8, 4) is 0 Å². The molecule has 1 fully saturated rings. The molecule has 15 heavy (non-hydrogen) atoms. The van der Waals surface area contributed by atoms with Crippen molar-refractivity contribution in [2.24, 2.45) is 5.92 Å². The van der Waals surface area contributed by atoms with E-state index >= 15 is 0 Å². The van der Waals surface area contributed by atoms with Gasteiger partial charge in [0.05, 0.1) is 6.20 Å². The first-order valence-electron chi connectivity index (χ1n) is 5.01. The van der Waals surface area contributed by atoms with E-state index < -0.39 is 10.0 Å². The van der Waals surface area contributed by atoms with Crippen molar-refractivity contribution in [3.63, 3.8) is 0 Å². The Morgan fingerprint density at radius 2 is 2.27 bits per heavy atom. The first kappa shape index (κ1) is 10.6. The lowest BCUT2D eigenvalue weighted by atomic mass is 10.2. The normalized spacial score (nSPS) is 19.4. The second-order valence-corrected chi connectivity index (χ2v) is 5.99. The van der Waals surface area contributed by atoms with Crippen molar-refractivity contribution in [1.82, 2.24) is 14.5 Å². The Kier molecular flexibility index (Phi) is 2.56. The fourth-order valence-electron chi connectivity index (χ4n) is 1.64. The number of nitrogens with one attached hydrogen (secondary N) is 1. The van der Waals surface area contributed by atoms with Gasteiger partial charge in [0, 0.05) is 13.1 Å². The molecule has 1 unspecified atom stereocenters. The second-order valence-electron chi connectivity index (χ2n) is 4.02. The zero-order valence-corrected chi connectivity index (χ0v) is 9.66. The first-order chi connectivity index (χ1) is 7.03. The molecule has 1 heterocycles. The topological polar surface area (TPSA) is 66.1 Å². The van der Waals surface area contributed by atoms with Crippen LogP contribution in [-0.2, 0) is 10.0 Å². The summed E-state index contributed by atoms with van der Waals surface area (Å²) in [5.74, 6) is 0.521. The summed E-state index contributed by atoms with van der Waals surface area (Å²) in [6.07, 6.45) is 3.70. The van der Waals surface area contributed by atoms with Gasteiger partial charge in [0.25, 0.3) is 10.0 Å². The SMILES string of the molecule is CC(C1CC1)N(C)S(=O)(=O)c1ccn[nH]1. The zero-order valence-electron chi connectivity index (χ0n) is 8.84. The number of H-pyrrole nitrogens is 1. The fraction of sp³-hybridized carbons (Fsp3) is 0.667. The molecule has 0 amide bonds. The van der Waals surface area contributed by atoms with Crippen molar-refractivity contribution >= 4 is 10.0 Å². The summed E-state index contributed by atoms with van der Waals surface area (Å²) in [4.78, 5) is 0. The highest BCUT2D eigenvalue weighted by Gasteiger charge is 2.36. The summed E-state index contributed by atoms with van der Waals surface area (Å²) in [7, 11) is -1.76. The number of aromatic nitrogens is 2. The van der Waals surface area contributed by atoms with Crippen LogP contribution in [-0.4, -0.2) is 36.0 Å². The molecule has 1 N–H and O–H groups in total. The lowest BCUT2D eigenvalue weighted by Crippen LogP contribution is -2.36. The summed E-state index contributed by atoms with van der Waals surface area (Å²) >= 11 is 0. The van der Waals surface area contributed by atoms with Crippen LogP contribution in [0.5, 0.6) is 0 Å². The molecule has 1 aromatic rings. The number of rotatable bonds is 4. The second kappa shape index (κ2) is 3.61. The van der Waals surface area contributed by atoms with Crippen molar-refractivity contribution in [2.45, 2.75) is 30.8 Å². The maximum absolute atomic E-state index is 12.0. The van der Waals surface area contributed by atoms with Crippen LogP contribution in [0.4, 0.5) is 0 Å². The molecule has 0 aromatic carbocycles. The average Bonchev–Trinajstić information content (AvgIpc) is 2.90. The van der Waals surface area contributed by atoms with Crippen LogP contribution in [0.1, 0.15) is 19.8 Å². The third-order valence-corrected chi connectivity index (χ3v) is 4.88. The number of nitrogens with zero attached hydrogens (tertiary/aromatic N) is 2. The molecule has 84 valence electrons. The Morgan fingerprint density at radius 1 is 1.60 bits per heavy atom.